The number of carboxylic acid groups (broad SMARTS) is 1. The lowest BCUT2D eigenvalue weighted by molar-refractivity contribution is 0.0639. The summed E-state index contributed by atoms with van der Waals surface area (Å²) < 4.78 is 0. The van der Waals surface area contributed by atoms with Crippen LogP contribution in [0.2, 0.25) is 0 Å². The van der Waals surface area contributed by atoms with Crippen molar-refractivity contribution in [2.75, 3.05) is 0 Å². The second-order valence-electron chi connectivity index (χ2n) is 7.12. The fourth-order valence-electron chi connectivity index (χ4n) is 3.38. The van der Waals surface area contributed by atoms with Crippen molar-refractivity contribution in [3.63, 3.8) is 0 Å². The Bertz CT molecular complexity index is 1150. The zero-order valence-corrected chi connectivity index (χ0v) is 16.4. The average Bonchev–Trinajstić information content (AvgIpc) is 3.03. The number of amides is 3. The quantitative estimate of drug-likeness (QED) is 0.603. The number of hydrogen-bond acceptors (Lipinski definition) is 4. The molecular weight excluding hydrogens is 396 g/mol. The molecule has 0 aliphatic carbocycles. The Hall–Kier alpha value is -4.26. The van der Waals surface area contributed by atoms with Crippen LogP contribution in [0.25, 0.3) is 0 Å². The molecule has 0 spiro atoms. The molecule has 4 rings (SSSR count). The van der Waals surface area contributed by atoms with E-state index < -0.39 is 5.97 Å². The second kappa shape index (κ2) is 8.23. The zero-order chi connectivity index (χ0) is 22.0. The molecule has 2 N–H and O–H groups in total. The van der Waals surface area contributed by atoms with Gasteiger partial charge in [0.1, 0.15) is 0 Å². The zero-order valence-electron chi connectivity index (χ0n) is 16.4. The third-order valence-electron chi connectivity index (χ3n) is 5.09. The first kappa shape index (κ1) is 20.0. The molecule has 0 bridgehead atoms. The standard InChI is InChI=1S/C24H18N2O5/c27-21(25-13-15-5-11-18(12-6-15)24(30)31)17-9-7-16(8-10-17)14-26-22(28)19-3-1-2-4-20(19)23(26)29/h1-12H,13-14H2,(H,25,27)(H,30,31). The molecule has 1 aliphatic rings. The summed E-state index contributed by atoms with van der Waals surface area (Å²) in [5.74, 6) is -1.93. The van der Waals surface area contributed by atoms with Crippen LogP contribution in [-0.2, 0) is 13.1 Å². The highest BCUT2D eigenvalue weighted by Gasteiger charge is 2.34. The predicted octanol–water partition coefficient (Wildman–Crippen LogP) is 3.11. The number of imide groups is 1. The van der Waals surface area contributed by atoms with Crippen LogP contribution in [0.15, 0.2) is 72.8 Å². The van der Waals surface area contributed by atoms with Gasteiger partial charge in [0.15, 0.2) is 0 Å². The molecule has 0 saturated heterocycles. The fraction of sp³-hybridized carbons (Fsp3) is 0.0833. The van der Waals surface area contributed by atoms with Crippen LogP contribution in [-0.4, -0.2) is 33.7 Å². The van der Waals surface area contributed by atoms with Crippen LogP contribution in [0.1, 0.15) is 52.6 Å². The number of carbonyl (C=O) groups is 4. The van der Waals surface area contributed by atoms with E-state index in [1.165, 1.54) is 17.0 Å². The van der Waals surface area contributed by atoms with E-state index in [4.69, 9.17) is 5.11 Å². The lowest BCUT2D eigenvalue weighted by Gasteiger charge is -2.14. The van der Waals surface area contributed by atoms with Gasteiger partial charge in [-0.1, -0.05) is 36.4 Å². The number of nitrogens with one attached hydrogen (secondary N) is 1. The largest absolute Gasteiger partial charge is 0.478 e. The van der Waals surface area contributed by atoms with Gasteiger partial charge in [0.25, 0.3) is 17.7 Å². The van der Waals surface area contributed by atoms with Gasteiger partial charge in [0.2, 0.25) is 0 Å². The van der Waals surface area contributed by atoms with E-state index in [9.17, 15) is 19.2 Å². The maximum absolute atomic E-state index is 12.5. The van der Waals surface area contributed by atoms with Crippen molar-refractivity contribution in [1.29, 1.82) is 0 Å². The lowest BCUT2D eigenvalue weighted by Crippen LogP contribution is -2.29. The molecule has 1 aliphatic heterocycles. The molecule has 0 saturated carbocycles. The van der Waals surface area contributed by atoms with Crippen molar-refractivity contribution in [1.82, 2.24) is 10.2 Å². The van der Waals surface area contributed by atoms with E-state index in [-0.39, 0.29) is 36.4 Å². The highest BCUT2D eigenvalue weighted by molar-refractivity contribution is 6.21. The molecule has 3 amide bonds. The molecule has 7 nitrogen and oxygen atoms in total. The number of carbonyl (C=O) groups excluding carboxylic acids is 3. The Morgan fingerprint density at radius 2 is 1.26 bits per heavy atom. The highest BCUT2D eigenvalue weighted by atomic mass is 16.4. The fourth-order valence-corrected chi connectivity index (χ4v) is 3.38. The van der Waals surface area contributed by atoms with Gasteiger partial charge in [-0.15, -0.1) is 0 Å². The number of aromatic carboxylic acids is 1. The molecule has 31 heavy (non-hydrogen) atoms. The summed E-state index contributed by atoms with van der Waals surface area (Å²) >= 11 is 0. The van der Waals surface area contributed by atoms with Crippen molar-refractivity contribution >= 4 is 23.7 Å². The van der Waals surface area contributed by atoms with Crippen LogP contribution < -0.4 is 5.32 Å². The number of rotatable bonds is 6. The predicted molar refractivity (Wildman–Crippen MR) is 112 cm³/mol. The minimum atomic E-state index is -1.00. The maximum atomic E-state index is 12.5. The first-order valence-electron chi connectivity index (χ1n) is 9.58. The third kappa shape index (κ3) is 4.06. The van der Waals surface area contributed by atoms with Crippen molar-refractivity contribution in [2.45, 2.75) is 13.1 Å². The summed E-state index contributed by atoms with van der Waals surface area (Å²) in [5.41, 5.74) is 2.94. The minimum Gasteiger partial charge on any atom is -0.478 e. The van der Waals surface area contributed by atoms with Crippen molar-refractivity contribution in [3.8, 4) is 0 Å². The van der Waals surface area contributed by atoms with Gasteiger partial charge in [-0.05, 0) is 47.5 Å². The molecule has 0 atom stereocenters. The third-order valence-corrected chi connectivity index (χ3v) is 5.09. The first-order valence-corrected chi connectivity index (χ1v) is 9.58. The molecule has 0 fully saturated rings. The van der Waals surface area contributed by atoms with Crippen LogP contribution in [0, 0.1) is 0 Å². The smallest absolute Gasteiger partial charge is 0.335 e. The Morgan fingerprint density at radius 3 is 1.81 bits per heavy atom. The van der Waals surface area contributed by atoms with Gasteiger partial charge in [-0.25, -0.2) is 4.79 Å². The van der Waals surface area contributed by atoms with Crippen LogP contribution in [0.3, 0.4) is 0 Å². The summed E-state index contributed by atoms with van der Waals surface area (Å²) in [4.78, 5) is 49.4. The normalized spacial score (nSPS) is 12.6. The summed E-state index contributed by atoms with van der Waals surface area (Å²) in [7, 11) is 0. The Morgan fingerprint density at radius 1 is 0.742 bits per heavy atom. The first-order chi connectivity index (χ1) is 14.9. The number of fused-ring (bicyclic) bond motifs is 1. The van der Waals surface area contributed by atoms with E-state index >= 15 is 0 Å². The maximum Gasteiger partial charge on any atom is 0.335 e. The molecule has 1 heterocycles. The van der Waals surface area contributed by atoms with E-state index in [1.807, 2.05) is 0 Å². The van der Waals surface area contributed by atoms with Crippen LogP contribution >= 0.6 is 0 Å². The van der Waals surface area contributed by atoms with Crippen molar-refractivity contribution in [2.24, 2.45) is 0 Å². The Balaban J connectivity index is 1.37. The van der Waals surface area contributed by atoms with E-state index in [0.717, 1.165) is 11.1 Å². The van der Waals surface area contributed by atoms with Gasteiger partial charge in [0, 0.05) is 12.1 Å². The highest BCUT2D eigenvalue weighted by Crippen LogP contribution is 2.24. The number of benzene rings is 3. The van der Waals surface area contributed by atoms with Crippen LogP contribution in [0.5, 0.6) is 0 Å². The summed E-state index contributed by atoms with van der Waals surface area (Å²) in [5, 5.41) is 11.7. The van der Waals surface area contributed by atoms with Gasteiger partial charge >= 0.3 is 5.97 Å². The van der Waals surface area contributed by atoms with E-state index in [0.29, 0.717) is 16.7 Å². The van der Waals surface area contributed by atoms with Gasteiger partial charge in [-0.2, -0.15) is 0 Å². The Labute approximate surface area is 177 Å². The minimum absolute atomic E-state index is 0.129. The number of carboxylic acids is 1. The van der Waals surface area contributed by atoms with Crippen molar-refractivity contribution < 1.29 is 24.3 Å². The van der Waals surface area contributed by atoms with E-state index in [2.05, 4.69) is 5.32 Å². The molecule has 3 aromatic rings. The molecule has 154 valence electrons. The number of hydrogen-bond donors (Lipinski definition) is 2. The topological polar surface area (TPSA) is 104 Å². The second-order valence-corrected chi connectivity index (χ2v) is 7.12. The lowest BCUT2D eigenvalue weighted by atomic mass is 10.1. The van der Waals surface area contributed by atoms with Crippen molar-refractivity contribution in [3.05, 3.63) is 106 Å². The van der Waals surface area contributed by atoms with E-state index in [1.54, 1.807) is 60.7 Å². The monoisotopic (exact) mass is 414 g/mol. The molecule has 7 heteroatoms. The summed E-state index contributed by atoms with van der Waals surface area (Å²) in [6, 6.07) is 19.7. The molecule has 0 radical (unpaired) electrons. The molecular formula is C24H18N2O5. The molecule has 0 unspecified atom stereocenters. The molecule has 3 aromatic carbocycles. The van der Waals surface area contributed by atoms with Gasteiger partial charge < -0.3 is 10.4 Å². The van der Waals surface area contributed by atoms with Crippen LogP contribution in [0.4, 0.5) is 0 Å². The Kier molecular flexibility index (Phi) is 5.32. The molecule has 0 aromatic heterocycles. The van der Waals surface area contributed by atoms with Gasteiger partial charge in [0.05, 0.1) is 23.2 Å². The summed E-state index contributed by atoms with van der Waals surface area (Å²) in [6.07, 6.45) is 0. The number of nitrogens with zero attached hydrogens (tertiary/aromatic N) is 1. The average molecular weight is 414 g/mol. The SMILES string of the molecule is O=C(O)c1ccc(CNC(=O)c2ccc(CN3C(=O)c4ccccc4C3=O)cc2)cc1. The summed E-state index contributed by atoms with van der Waals surface area (Å²) in [6.45, 7) is 0.389. The van der Waals surface area contributed by atoms with Gasteiger partial charge in [-0.3, -0.25) is 19.3 Å².